The molecule has 10 heavy (non-hydrogen) atoms. The molecule has 0 aliphatic rings. The van der Waals surface area contributed by atoms with Crippen molar-refractivity contribution in [1.82, 2.24) is 0 Å². The van der Waals surface area contributed by atoms with Crippen molar-refractivity contribution in [2.24, 2.45) is 0 Å². The first-order valence-corrected chi connectivity index (χ1v) is 6.68. The van der Waals surface area contributed by atoms with Gasteiger partial charge in [0.25, 0.3) is 0 Å². The van der Waals surface area contributed by atoms with E-state index in [0.717, 1.165) is 0 Å². The van der Waals surface area contributed by atoms with E-state index in [-0.39, 0.29) is 17.0 Å². The van der Waals surface area contributed by atoms with Crippen LogP contribution in [0, 0.1) is 0 Å². The Morgan fingerprint density at radius 2 is 2.10 bits per heavy atom. The summed E-state index contributed by atoms with van der Waals surface area (Å²) in [7, 11) is 1.62. The van der Waals surface area contributed by atoms with Gasteiger partial charge in [-0.05, 0) is 0 Å². The third kappa shape index (κ3) is 3.52. The summed E-state index contributed by atoms with van der Waals surface area (Å²) in [5, 5.41) is 0. The molecule has 0 aliphatic carbocycles. The molecule has 0 nitrogen and oxygen atoms in total. The molecule has 0 fully saturated rings. The second kappa shape index (κ2) is 5.76. The average molecular weight is 333 g/mol. The third-order valence-electron chi connectivity index (χ3n) is 0.988. The topological polar surface area (TPSA) is 0 Å². The SMILES string of the molecule is [Br-].[Zn+][c]1cccc(SBr)c1. The van der Waals surface area contributed by atoms with E-state index < -0.39 is 0 Å². The molecular formula is C6H4Br2SZn. The Labute approximate surface area is 92.8 Å². The number of halogens is 2. The van der Waals surface area contributed by atoms with E-state index in [1.54, 1.807) is 10.2 Å². The van der Waals surface area contributed by atoms with E-state index in [2.05, 4.69) is 39.1 Å². The molecule has 50 valence electrons. The molecule has 0 saturated carbocycles. The monoisotopic (exact) mass is 330 g/mol. The quantitative estimate of drug-likeness (QED) is 0.611. The van der Waals surface area contributed by atoms with Crippen molar-refractivity contribution in [1.29, 1.82) is 0 Å². The Bertz CT molecular complexity index is 205. The molecule has 0 amide bonds. The van der Waals surface area contributed by atoms with Gasteiger partial charge in [-0.25, -0.2) is 0 Å². The van der Waals surface area contributed by atoms with E-state index in [0.29, 0.717) is 0 Å². The third-order valence-corrected chi connectivity index (χ3v) is 3.46. The molecule has 0 radical (unpaired) electrons. The first-order valence-electron chi connectivity index (χ1n) is 2.53. The second-order valence-electron chi connectivity index (χ2n) is 1.72. The average Bonchev–Trinajstić information content (AvgIpc) is 1.88. The van der Waals surface area contributed by atoms with Crippen LogP contribution in [0.3, 0.4) is 0 Å². The molecule has 0 bridgehead atoms. The van der Waals surface area contributed by atoms with Gasteiger partial charge in [0.2, 0.25) is 0 Å². The maximum absolute atomic E-state index is 3.32. The van der Waals surface area contributed by atoms with Crippen LogP contribution in [0.15, 0.2) is 29.2 Å². The van der Waals surface area contributed by atoms with Crippen LogP contribution in [-0.2, 0) is 18.3 Å². The van der Waals surface area contributed by atoms with Gasteiger partial charge in [0.15, 0.2) is 0 Å². The van der Waals surface area contributed by atoms with Gasteiger partial charge in [-0.2, -0.15) is 0 Å². The van der Waals surface area contributed by atoms with Crippen LogP contribution in [0.2, 0.25) is 0 Å². The Morgan fingerprint density at radius 1 is 1.40 bits per heavy atom. The fourth-order valence-corrected chi connectivity index (χ4v) is 2.58. The Kier molecular flexibility index (Phi) is 6.42. The van der Waals surface area contributed by atoms with Crippen molar-refractivity contribution < 1.29 is 35.3 Å². The van der Waals surface area contributed by atoms with Gasteiger partial charge in [0.05, 0.1) is 0 Å². The number of hydrogen-bond acceptors (Lipinski definition) is 1. The van der Waals surface area contributed by atoms with Gasteiger partial charge < -0.3 is 17.0 Å². The first-order chi connectivity index (χ1) is 4.33. The summed E-state index contributed by atoms with van der Waals surface area (Å²) < 4.78 is 1.43. The molecule has 1 aromatic rings. The summed E-state index contributed by atoms with van der Waals surface area (Å²) in [6, 6.07) is 8.52. The zero-order valence-corrected chi connectivity index (χ0v) is 12.1. The Balaban J connectivity index is 0.000000810. The number of benzene rings is 1. The molecule has 0 unspecified atom stereocenters. The molecule has 0 heterocycles. The number of hydrogen-bond donors (Lipinski definition) is 0. The van der Waals surface area contributed by atoms with Crippen molar-refractivity contribution in [3.63, 3.8) is 0 Å². The molecule has 0 N–H and O–H groups in total. The molecule has 4 heteroatoms. The van der Waals surface area contributed by atoms with Crippen LogP contribution >= 0.6 is 25.0 Å². The summed E-state index contributed by atoms with van der Waals surface area (Å²) in [4.78, 5) is 1.29. The fraction of sp³-hybridized carbons (Fsp3) is 0. The molecule has 0 saturated heterocycles. The van der Waals surface area contributed by atoms with Gasteiger partial charge in [-0.15, -0.1) is 0 Å². The molecule has 0 aromatic heterocycles. The van der Waals surface area contributed by atoms with Crippen LogP contribution in [0.4, 0.5) is 0 Å². The Morgan fingerprint density at radius 3 is 2.50 bits per heavy atom. The zero-order chi connectivity index (χ0) is 6.69. The van der Waals surface area contributed by atoms with Crippen LogP contribution in [0.25, 0.3) is 0 Å². The summed E-state index contributed by atoms with van der Waals surface area (Å²) >= 11 is 4.56. The summed E-state index contributed by atoms with van der Waals surface area (Å²) in [6.07, 6.45) is 0. The molecular weight excluding hydrogens is 329 g/mol. The van der Waals surface area contributed by atoms with Gasteiger partial charge >= 0.3 is 76.6 Å². The molecule has 0 aliphatic heterocycles. The minimum absolute atomic E-state index is 0. The van der Waals surface area contributed by atoms with Crippen LogP contribution < -0.4 is 21.1 Å². The predicted molar refractivity (Wildman–Crippen MR) is 40.9 cm³/mol. The maximum atomic E-state index is 3.32. The second-order valence-corrected chi connectivity index (χ2v) is 5.03. The summed E-state index contributed by atoms with van der Waals surface area (Å²) in [5.41, 5.74) is 0. The molecule has 0 atom stereocenters. The summed E-state index contributed by atoms with van der Waals surface area (Å²) in [5.74, 6) is 0. The standard InChI is InChI=1S/C6H4BrS.BrH.Zn/c7-8-6-4-2-1-3-5-6;;/h1-2,4-5H;1H;/q;;+1/p-1. The van der Waals surface area contributed by atoms with Crippen LogP contribution in [-0.4, -0.2) is 0 Å². The first kappa shape index (κ1) is 11.2. The number of rotatable bonds is 1. The molecule has 1 aromatic carbocycles. The summed E-state index contributed by atoms with van der Waals surface area (Å²) in [6.45, 7) is 0. The van der Waals surface area contributed by atoms with Crippen molar-refractivity contribution in [2.75, 3.05) is 0 Å². The van der Waals surface area contributed by atoms with Gasteiger partial charge in [-0.1, -0.05) is 0 Å². The van der Waals surface area contributed by atoms with E-state index in [9.17, 15) is 0 Å². The van der Waals surface area contributed by atoms with Crippen LogP contribution in [0.5, 0.6) is 0 Å². The van der Waals surface area contributed by atoms with Gasteiger partial charge in [-0.3, -0.25) is 0 Å². The zero-order valence-electron chi connectivity index (χ0n) is 5.18. The van der Waals surface area contributed by atoms with Crippen molar-refractivity contribution in [3.8, 4) is 0 Å². The van der Waals surface area contributed by atoms with Crippen molar-refractivity contribution in [3.05, 3.63) is 24.3 Å². The normalized spacial score (nSPS) is 8.70. The molecule has 0 spiro atoms. The van der Waals surface area contributed by atoms with E-state index in [1.807, 2.05) is 0 Å². The molecule has 1 rings (SSSR count). The van der Waals surface area contributed by atoms with Crippen molar-refractivity contribution >= 4 is 29.2 Å². The predicted octanol–water partition coefficient (Wildman–Crippen LogP) is -0.735. The van der Waals surface area contributed by atoms with Crippen LogP contribution in [0.1, 0.15) is 0 Å². The van der Waals surface area contributed by atoms with E-state index in [4.69, 9.17) is 0 Å². The van der Waals surface area contributed by atoms with E-state index >= 15 is 0 Å². The van der Waals surface area contributed by atoms with Crippen molar-refractivity contribution in [2.45, 2.75) is 4.90 Å². The Hall–Kier alpha value is 1.15. The minimum atomic E-state index is 0. The van der Waals surface area contributed by atoms with Gasteiger partial charge in [0.1, 0.15) is 0 Å². The van der Waals surface area contributed by atoms with Gasteiger partial charge in [0, 0.05) is 0 Å². The fourth-order valence-electron chi connectivity index (χ4n) is 0.593. The van der Waals surface area contributed by atoms with E-state index in [1.165, 1.54) is 27.4 Å².